The highest BCUT2D eigenvalue weighted by atomic mass is 79.9. The topological polar surface area (TPSA) is 35.5 Å². The van der Waals surface area contributed by atoms with Gasteiger partial charge in [-0.15, -0.1) is 0 Å². The van der Waals surface area contributed by atoms with Gasteiger partial charge in [0.25, 0.3) is 0 Å². The van der Waals surface area contributed by atoms with Gasteiger partial charge in [-0.25, -0.2) is 0 Å². The van der Waals surface area contributed by atoms with Gasteiger partial charge >= 0.3 is 0 Å². The lowest BCUT2D eigenvalue weighted by Crippen LogP contribution is -2.28. The van der Waals surface area contributed by atoms with Crippen molar-refractivity contribution in [2.24, 2.45) is 5.92 Å². The summed E-state index contributed by atoms with van der Waals surface area (Å²) >= 11 is 3.68. The molecule has 1 aromatic carbocycles. The predicted octanol–water partition coefficient (Wildman–Crippen LogP) is 3.79. The lowest BCUT2D eigenvalue weighted by atomic mass is 10.1. The molecule has 0 aliphatic heterocycles. The molecule has 4 heteroatoms. The first kappa shape index (κ1) is 18.5. The van der Waals surface area contributed by atoms with Gasteiger partial charge in [-0.05, 0) is 52.5 Å². The van der Waals surface area contributed by atoms with E-state index in [1.165, 1.54) is 11.3 Å². The highest BCUT2D eigenvalue weighted by Gasteiger charge is 2.10. The van der Waals surface area contributed by atoms with Gasteiger partial charge in [0.05, 0.1) is 12.3 Å². The fraction of sp³-hybridized carbons (Fsp3) is 0.647. The highest BCUT2D eigenvalue weighted by Crippen LogP contribution is 2.27. The van der Waals surface area contributed by atoms with E-state index < -0.39 is 0 Å². The Morgan fingerprint density at radius 1 is 1.29 bits per heavy atom. The van der Waals surface area contributed by atoms with Crippen LogP contribution >= 0.6 is 15.9 Å². The van der Waals surface area contributed by atoms with Crippen LogP contribution in [-0.2, 0) is 6.54 Å². The Kier molecular flexibility index (Phi) is 8.97. The summed E-state index contributed by atoms with van der Waals surface area (Å²) in [4.78, 5) is 2.25. The van der Waals surface area contributed by atoms with Crippen molar-refractivity contribution in [2.75, 3.05) is 31.1 Å². The van der Waals surface area contributed by atoms with Crippen LogP contribution in [0.2, 0.25) is 0 Å². The third kappa shape index (κ3) is 6.81. The summed E-state index contributed by atoms with van der Waals surface area (Å²) in [5.41, 5.74) is 2.45. The molecule has 120 valence electrons. The van der Waals surface area contributed by atoms with Crippen molar-refractivity contribution in [3.63, 3.8) is 0 Å². The highest BCUT2D eigenvalue weighted by molar-refractivity contribution is 9.10. The average molecular weight is 357 g/mol. The van der Waals surface area contributed by atoms with Crippen molar-refractivity contribution in [1.82, 2.24) is 5.32 Å². The second kappa shape index (κ2) is 10.2. The molecular weight excluding hydrogens is 328 g/mol. The number of aliphatic hydroxyl groups excluding tert-OH is 1. The smallest absolute Gasteiger partial charge is 0.0606 e. The van der Waals surface area contributed by atoms with Crippen molar-refractivity contribution in [3.8, 4) is 0 Å². The van der Waals surface area contributed by atoms with Crippen LogP contribution in [0.1, 0.15) is 39.2 Å². The summed E-state index contributed by atoms with van der Waals surface area (Å²) in [6, 6.07) is 6.50. The van der Waals surface area contributed by atoms with Crippen molar-refractivity contribution in [2.45, 2.75) is 40.2 Å². The van der Waals surface area contributed by atoms with E-state index in [0.717, 1.165) is 36.9 Å². The van der Waals surface area contributed by atoms with Crippen LogP contribution in [0.3, 0.4) is 0 Å². The van der Waals surface area contributed by atoms with Crippen LogP contribution < -0.4 is 10.2 Å². The van der Waals surface area contributed by atoms with E-state index in [2.05, 4.69) is 65.1 Å². The number of anilines is 1. The Balaban J connectivity index is 2.70. The molecule has 0 bridgehead atoms. The van der Waals surface area contributed by atoms with Crippen molar-refractivity contribution in [1.29, 1.82) is 0 Å². The minimum absolute atomic E-state index is 0.188. The number of nitrogens with one attached hydrogen (secondary N) is 1. The molecule has 0 aliphatic carbocycles. The van der Waals surface area contributed by atoms with E-state index >= 15 is 0 Å². The predicted molar refractivity (Wildman–Crippen MR) is 94.9 cm³/mol. The lowest BCUT2D eigenvalue weighted by Gasteiger charge is -2.25. The molecule has 21 heavy (non-hydrogen) atoms. The second-order valence-electron chi connectivity index (χ2n) is 5.87. The second-order valence-corrected chi connectivity index (χ2v) is 6.73. The van der Waals surface area contributed by atoms with Gasteiger partial charge in [-0.1, -0.05) is 33.3 Å². The third-order valence-corrected chi connectivity index (χ3v) is 4.02. The Morgan fingerprint density at radius 2 is 2.05 bits per heavy atom. The SMILES string of the molecule is CCCCN(CCO)c1ccc(CNCC(C)C)cc1Br. The molecule has 0 heterocycles. The molecule has 0 spiro atoms. The quantitative estimate of drug-likeness (QED) is 0.669. The van der Waals surface area contributed by atoms with Crippen molar-refractivity contribution < 1.29 is 5.11 Å². The van der Waals surface area contributed by atoms with Crippen LogP contribution in [0.15, 0.2) is 22.7 Å². The fourth-order valence-corrected chi connectivity index (χ4v) is 2.92. The summed E-state index contributed by atoms with van der Waals surface area (Å²) in [5, 5.41) is 12.7. The zero-order valence-electron chi connectivity index (χ0n) is 13.5. The zero-order valence-corrected chi connectivity index (χ0v) is 15.1. The minimum atomic E-state index is 0.188. The van der Waals surface area contributed by atoms with Gasteiger partial charge in [0.1, 0.15) is 0 Å². The van der Waals surface area contributed by atoms with Gasteiger partial charge in [-0.3, -0.25) is 0 Å². The number of rotatable bonds is 10. The van der Waals surface area contributed by atoms with Crippen LogP contribution in [0, 0.1) is 5.92 Å². The van der Waals surface area contributed by atoms with Crippen LogP contribution in [-0.4, -0.2) is 31.3 Å². The Morgan fingerprint density at radius 3 is 2.62 bits per heavy atom. The molecule has 0 aliphatic rings. The molecule has 0 unspecified atom stereocenters. The lowest BCUT2D eigenvalue weighted by molar-refractivity contribution is 0.301. The number of hydrogen-bond donors (Lipinski definition) is 2. The molecule has 0 aromatic heterocycles. The summed E-state index contributed by atoms with van der Waals surface area (Å²) < 4.78 is 1.11. The molecule has 0 radical (unpaired) electrons. The van der Waals surface area contributed by atoms with Crippen LogP contribution in [0.5, 0.6) is 0 Å². The summed E-state index contributed by atoms with van der Waals surface area (Å²) in [6.45, 7) is 10.4. The van der Waals surface area contributed by atoms with Gasteiger partial charge in [0.2, 0.25) is 0 Å². The standard InChI is InChI=1S/C17H29BrN2O/c1-4-5-8-20(9-10-21)17-7-6-15(11-16(17)18)13-19-12-14(2)3/h6-7,11,14,19,21H,4-5,8-10,12-13H2,1-3H3. The molecule has 1 aromatic rings. The fourth-order valence-electron chi connectivity index (χ4n) is 2.24. The summed E-state index contributed by atoms with van der Waals surface area (Å²) in [5.74, 6) is 0.668. The first-order valence-electron chi connectivity index (χ1n) is 7.93. The van der Waals surface area contributed by atoms with Crippen LogP contribution in [0.25, 0.3) is 0 Å². The maximum Gasteiger partial charge on any atom is 0.0606 e. The van der Waals surface area contributed by atoms with E-state index in [0.29, 0.717) is 12.5 Å². The largest absolute Gasteiger partial charge is 0.395 e. The minimum Gasteiger partial charge on any atom is -0.395 e. The van der Waals surface area contributed by atoms with Crippen molar-refractivity contribution in [3.05, 3.63) is 28.2 Å². The monoisotopic (exact) mass is 356 g/mol. The maximum absolute atomic E-state index is 9.24. The Hall–Kier alpha value is -0.580. The normalized spacial score (nSPS) is 11.1. The van der Waals surface area contributed by atoms with Gasteiger partial charge in [0.15, 0.2) is 0 Å². The number of aliphatic hydroxyl groups is 1. The maximum atomic E-state index is 9.24. The number of benzene rings is 1. The van der Waals surface area contributed by atoms with Gasteiger partial charge in [-0.2, -0.15) is 0 Å². The molecule has 3 nitrogen and oxygen atoms in total. The molecule has 0 saturated heterocycles. The number of hydrogen-bond acceptors (Lipinski definition) is 3. The summed E-state index contributed by atoms with van der Waals surface area (Å²) in [7, 11) is 0. The van der Waals surface area contributed by atoms with E-state index in [1.54, 1.807) is 0 Å². The number of halogens is 1. The Labute approximate surface area is 137 Å². The first-order valence-corrected chi connectivity index (χ1v) is 8.72. The van der Waals surface area contributed by atoms with Crippen LogP contribution in [0.4, 0.5) is 5.69 Å². The zero-order chi connectivity index (χ0) is 15.7. The van der Waals surface area contributed by atoms with E-state index in [-0.39, 0.29) is 6.61 Å². The van der Waals surface area contributed by atoms with E-state index in [1.807, 2.05) is 0 Å². The molecule has 0 saturated carbocycles. The molecule has 0 atom stereocenters. The van der Waals surface area contributed by atoms with E-state index in [4.69, 9.17) is 0 Å². The van der Waals surface area contributed by atoms with Gasteiger partial charge in [0, 0.05) is 24.1 Å². The molecule has 0 fully saturated rings. The third-order valence-electron chi connectivity index (χ3n) is 3.39. The molecular formula is C17H29BrN2O. The Bertz CT molecular complexity index is 410. The van der Waals surface area contributed by atoms with E-state index in [9.17, 15) is 5.11 Å². The van der Waals surface area contributed by atoms with Gasteiger partial charge < -0.3 is 15.3 Å². The molecule has 1 rings (SSSR count). The average Bonchev–Trinajstić information content (AvgIpc) is 2.43. The molecule has 0 amide bonds. The summed E-state index contributed by atoms with van der Waals surface area (Å²) in [6.07, 6.45) is 2.31. The van der Waals surface area contributed by atoms with Crippen molar-refractivity contribution >= 4 is 21.6 Å². The molecule has 2 N–H and O–H groups in total. The first-order chi connectivity index (χ1) is 10.1. The number of nitrogens with zero attached hydrogens (tertiary/aromatic N) is 1. The number of unbranched alkanes of at least 4 members (excludes halogenated alkanes) is 1.